The van der Waals surface area contributed by atoms with Crippen LogP contribution in [0, 0.1) is 5.92 Å². The van der Waals surface area contributed by atoms with Crippen molar-refractivity contribution in [3.63, 3.8) is 0 Å². The minimum absolute atomic E-state index is 0.0443. The third-order valence-electron chi connectivity index (χ3n) is 8.03. The molecular weight excluding hydrogens is 594 g/mol. The van der Waals surface area contributed by atoms with Gasteiger partial charge in [0, 0.05) is 30.3 Å². The summed E-state index contributed by atoms with van der Waals surface area (Å²) in [6.07, 6.45) is 4.18. The van der Waals surface area contributed by atoms with Crippen molar-refractivity contribution in [3.8, 4) is 11.3 Å². The highest BCUT2D eigenvalue weighted by Gasteiger charge is 2.52. The molecule has 3 atom stereocenters. The molecule has 3 fully saturated rings. The van der Waals surface area contributed by atoms with E-state index in [1.54, 1.807) is 37.3 Å². The maximum absolute atomic E-state index is 15.2. The van der Waals surface area contributed by atoms with Crippen molar-refractivity contribution in [3.05, 3.63) is 63.5 Å². The lowest BCUT2D eigenvalue weighted by molar-refractivity contribution is 0.0113. The standard InChI is InChI=1S/C28H29Cl2FN4O5S/c1-2-10-41(37,38)34-27(36)16-6-7-23(32-13-16)35-14-17-11-18(35)12-22(17)39-15-19-25(24-20(29)4-3-5-21(24)30)33-40-26(19)28(31)8-9-28/h3-7,13,17-18,22H,2,8-12,14-15H2,1H3,(H,34,36)/t17-,18-,22+/m0/s1. The number of ether oxygens (including phenoxy) is 1. The Kier molecular flexibility index (Phi) is 7.50. The molecule has 1 N–H and O–H groups in total. The van der Waals surface area contributed by atoms with Gasteiger partial charge in [-0.2, -0.15) is 0 Å². The molecule has 1 amide bonds. The topological polar surface area (TPSA) is 115 Å². The highest BCUT2D eigenvalue weighted by Crippen LogP contribution is 2.53. The molecule has 2 saturated carbocycles. The van der Waals surface area contributed by atoms with Crippen LogP contribution in [0.3, 0.4) is 0 Å². The Balaban J connectivity index is 1.12. The van der Waals surface area contributed by atoms with Crippen LogP contribution >= 0.6 is 23.2 Å². The first kappa shape index (κ1) is 28.4. The molecule has 9 nitrogen and oxygen atoms in total. The number of carbonyl (C=O) groups excluding carboxylic acids is 1. The van der Waals surface area contributed by atoms with E-state index in [1.807, 2.05) is 0 Å². The SMILES string of the molecule is CCCS(=O)(=O)NC(=O)c1ccc(N2C[C@@H]3C[C@H]2C[C@H]3OCc2c(-c3c(Cl)cccc3Cl)noc2C2(F)CC2)nc1. The molecule has 0 unspecified atom stereocenters. The molecule has 0 spiro atoms. The average molecular weight is 624 g/mol. The molecule has 2 aliphatic carbocycles. The fourth-order valence-electron chi connectivity index (χ4n) is 5.84. The van der Waals surface area contributed by atoms with Crippen LogP contribution in [0.4, 0.5) is 10.2 Å². The lowest BCUT2D eigenvalue weighted by Gasteiger charge is -2.32. The van der Waals surface area contributed by atoms with Crippen molar-refractivity contribution in [2.45, 2.75) is 63.4 Å². The lowest BCUT2D eigenvalue weighted by atomic mass is 10.0. The van der Waals surface area contributed by atoms with Crippen molar-refractivity contribution >= 4 is 45.0 Å². The summed E-state index contributed by atoms with van der Waals surface area (Å²) in [6, 6.07) is 8.65. The molecule has 2 aromatic heterocycles. The highest BCUT2D eigenvalue weighted by atomic mass is 35.5. The second-order valence-corrected chi connectivity index (χ2v) is 13.6. The molecule has 1 saturated heterocycles. The van der Waals surface area contributed by atoms with Crippen LogP contribution < -0.4 is 9.62 Å². The highest BCUT2D eigenvalue weighted by molar-refractivity contribution is 7.90. The Bertz CT molecular complexity index is 1560. The first-order chi connectivity index (χ1) is 19.6. The van der Waals surface area contributed by atoms with Gasteiger partial charge in [0.15, 0.2) is 11.4 Å². The molecule has 0 radical (unpaired) electrons. The van der Waals surface area contributed by atoms with Gasteiger partial charge in [-0.05, 0) is 56.4 Å². The molecule has 3 aromatic rings. The summed E-state index contributed by atoms with van der Waals surface area (Å²) in [6.45, 7) is 2.57. The van der Waals surface area contributed by atoms with Crippen LogP contribution in [0.25, 0.3) is 11.3 Å². The maximum Gasteiger partial charge on any atom is 0.266 e. The molecule has 2 bridgehead atoms. The number of hydrogen-bond acceptors (Lipinski definition) is 8. The molecule has 41 heavy (non-hydrogen) atoms. The van der Waals surface area contributed by atoms with Gasteiger partial charge >= 0.3 is 0 Å². The van der Waals surface area contributed by atoms with Gasteiger partial charge in [0.05, 0.1) is 39.6 Å². The van der Waals surface area contributed by atoms with Gasteiger partial charge in [0.25, 0.3) is 5.91 Å². The molecule has 218 valence electrons. The third kappa shape index (κ3) is 5.57. The van der Waals surface area contributed by atoms with Crippen molar-refractivity contribution < 1.29 is 26.9 Å². The second-order valence-electron chi connectivity index (χ2n) is 10.9. The number of rotatable bonds is 10. The van der Waals surface area contributed by atoms with Crippen LogP contribution in [-0.2, 0) is 27.0 Å². The van der Waals surface area contributed by atoms with E-state index in [9.17, 15) is 13.2 Å². The number of anilines is 1. The van der Waals surface area contributed by atoms with E-state index in [2.05, 4.69) is 19.8 Å². The Hall–Kier alpha value is -2.73. The summed E-state index contributed by atoms with van der Waals surface area (Å²) >= 11 is 12.9. The predicted molar refractivity (Wildman–Crippen MR) is 152 cm³/mol. The predicted octanol–water partition coefficient (Wildman–Crippen LogP) is 5.66. The molecule has 13 heteroatoms. The number of nitrogens with one attached hydrogen (secondary N) is 1. The molecule has 3 heterocycles. The van der Waals surface area contributed by atoms with Gasteiger partial charge in [-0.3, -0.25) is 4.79 Å². The number of carbonyl (C=O) groups is 1. The van der Waals surface area contributed by atoms with Gasteiger partial charge in [-0.1, -0.05) is 41.3 Å². The fraction of sp³-hybridized carbons (Fsp3) is 0.464. The van der Waals surface area contributed by atoms with Crippen molar-refractivity contribution in [1.29, 1.82) is 0 Å². The molecule has 6 rings (SSSR count). The van der Waals surface area contributed by atoms with Crippen LogP contribution in [0.1, 0.15) is 60.7 Å². The quantitative estimate of drug-likeness (QED) is 0.308. The normalized spacial score (nSPS) is 22.7. The zero-order valence-electron chi connectivity index (χ0n) is 22.3. The summed E-state index contributed by atoms with van der Waals surface area (Å²) in [4.78, 5) is 19.0. The van der Waals surface area contributed by atoms with E-state index in [-0.39, 0.29) is 41.7 Å². The minimum atomic E-state index is -3.67. The van der Waals surface area contributed by atoms with Crippen LogP contribution in [0.2, 0.25) is 10.0 Å². The Morgan fingerprint density at radius 2 is 1.98 bits per heavy atom. The van der Waals surface area contributed by atoms with E-state index in [0.29, 0.717) is 58.5 Å². The number of halogens is 3. The number of fused-ring (bicyclic) bond motifs is 2. The largest absolute Gasteiger partial charge is 0.373 e. The summed E-state index contributed by atoms with van der Waals surface area (Å²) in [7, 11) is -3.67. The zero-order valence-corrected chi connectivity index (χ0v) is 24.6. The Morgan fingerprint density at radius 3 is 2.59 bits per heavy atom. The number of piperidine rings is 1. The Morgan fingerprint density at radius 1 is 1.22 bits per heavy atom. The van der Waals surface area contributed by atoms with Crippen molar-refractivity contribution in [2.24, 2.45) is 5.92 Å². The molecular formula is C28H29Cl2FN4O5S. The van der Waals surface area contributed by atoms with Crippen molar-refractivity contribution in [2.75, 3.05) is 17.2 Å². The lowest BCUT2D eigenvalue weighted by Crippen LogP contribution is -2.39. The first-order valence-corrected chi connectivity index (χ1v) is 16.0. The van der Waals surface area contributed by atoms with Crippen LogP contribution in [-0.4, -0.2) is 48.9 Å². The number of nitrogens with zero attached hydrogens (tertiary/aromatic N) is 3. The van der Waals surface area contributed by atoms with Crippen LogP contribution in [0.15, 0.2) is 41.1 Å². The fourth-order valence-corrected chi connectivity index (χ4v) is 7.46. The van der Waals surface area contributed by atoms with E-state index >= 15 is 4.39 Å². The summed E-state index contributed by atoms with van der Waals surface area (Å²) in [5, 5.41) is 4.96. The van der Waals surface area contributed by atoms with E-state index in [1.165, 1.54) is 6.20 Å². The monoisotopic (exact) mass is 622 g/mol. The Labute approximate surface area is 247 Å². The molecule has 3 aliphatic rings. The van der Waals surface area contributed by atoms with E-state index < -0.39 is 21.6 Å². The van der Waals surface area contributed by atoms with Crippen molar-refractivity contribution in [1.82, 2.24) is 14.9 Å². The first-order valence-electron chi connectivity index (χ1n) is 13.6. The number of pyridine rings is 1. The number of alkyl halides is 1. The third-order valence-corrected chi connectivity index (χ3v) is 10.1. The van der Waals surface area contributed by atoms with Gasteiger partial charge in [-0.15, -0.1) is 0 Å². The number of benzene rings is 1. The van der Waals surface area contributed by atoms with Gasteiger partial charge in [0.2, 0.25) is 10.0 Å². The van der Waals surface area contributed by atoms with E-state index in [0.717, 1.165) is 12.8 Å². The summed E-state index contributed by atoms with van der Waals surface area (Å²) in [5.74, 6) is 0.325. The number of hydrogen-bond donors (Lipinski definition) is 1. The average Bonchev–Trinajstić information content (AvgIpc) is 3.26. The molecule has 1 aromatic carbocycles. The number of amides is 1. The molecule has 1 aliphatic heterocycles. The second kappa shape index (κ2) is 10.8. The van der Waals surface area contributed by atoms with Gasteiger partial charge in [0.1, 0.15) is 11.5 Å². The smallest absolute Gasteiger partial charge is 0.266 e. The van der Waals surface area contributed by atoms with Gasteiger partial charge in [-0.25, -0.2) is 22.5 Å². The number of aromatic nitrogens is 2. The maximum atomic E-state index is 15.2. The van der Waals surface area contributed by atoms with E-state index in [4.69, 9.17) is 32.5 Å². The summed E-state index contributed by atoms with van der Waals surface area (Å²) < 4.78 is 53.0. The minimum Gasteiger partial charge on any atom is -0.373 e. The van der Waals surface area contributed by atoms with Gasteiger partial charge < -0.3 is 14.2 Å². The number of sulfonamides is 1. The van der Waals surface area contributed by atoms with Crippen LogP contribution in [0.5, 0.6) is 0 Å². The summed E-state index contributed by atoms with van der Waals surface area (Å²) in [5.41, 5.74) is 0.0763. The zero-order chi connectivity index (χ0) is 28.9.